The number of hydrazine groups is 1. The van der Waals surface area contributed by atoms with Gasteiger partial charge in [-0.3, -0.25) is 9.78 Å². The van der Waals surface area contributed by atoms with Crippen LogP contribution in [0.1, 0.15) is 49.4 Å². The first-order chi connectivity index (χ1) is 8.70. The van der Waals surface area contributed by atoms with Gasteiger partial charge in [0, 0.05) is 23.7 Å². The van der Waals surface area contributed by atoms with Crippen LogP contribution in [-0.2, 0) is 0 Å². The highest BCUT2D eigenvalue weighted by molar-refractivity contribution is 5.94. The lowest BCUT2D eigenvalue weighted by Crippen LogP contribution is -2.36. The van der Waals surface area contributed by atoms with Gasteiger partial charge in [0.2, 0.25) is 0 Å². The van der Waals surface area contributed by atoms with Gasteiger partial charge < -0.3 is 0 Å². The fourth-order valence-electron chi connectivity index (χ4n) is 2.30. The Labute approximate surface area is 107 Å². The smallest absolute Gasteiger partial charge is 0.267 e. The molecule has 96 valence electrons. The second-order valence-corrected chi connectivity index (χ2v) is 4.66. The summed E-state index contributed by atoms with van der Waals surface area (Å²) in [6.45, 7) is 1.93. The summed E-state index contributed by atoms with van der Waals surface area (Å²) >= 11 is 0. The highest BCUT2D eigenvalue weighted by Gasteiger charge is 2.17. The molecule has 0 aromatic carbocycles. The predicted octanol–water partition coefficient (Wildman–Crippen LogP) is 2.64. The number of nitrogens with zero attached hydrogens (tertiary/aromatic N) is 2. The fourth-order valence-corrected chi connectivity index (χ4v) is 2.30. The van der Waals surface area contributed by atoms with E-state index in [1.807, 2.05) is 6.92 Å². The van der Waals surface area contributed by atoms with Crippen molar-refractivity contribution in [3.8, 4) is 0 Å². The molecule has 0 bridgehead atoms. The number of allylic oxidation sites excluding steroid dienone is 2. The van der Waals surface area contributed by atoms with Crippen molar-refractivity contribution in [3.63, 3.8) is 0 Å². The van der Waals surface area contributed by atoms with Gasteiger partial charge in [0.05, 0.1) is 0 Å². The summed E-state index contributed by atoms with van der Waals surface area (Å²) < 4.78 is 0. The van der Waals surface area contributed by atoms with E-state index in [-0.39, 0.29) is 5.91 Å². The minimum absolute atomic E-state index is 0.173. The Morgan fingerprint density at radius 3 is 2.44 bits per heavy atom. The highest BCUT2D eigenvalue weighted by atomic mass is 16.2. The summed E-state index contributed by atoms with van der Waals surface area (Å²) in [6.07, 6.45) is 8.99. The molecule has 0 spiro atoms. The third-order valence-corrected chi connectivity index (χ3v) is 3.48. The lowest BCUT2D eigenvalue weighted by molar-refractivity contribution is 0.0803. The molecule has 2 N–H and O–H groups in total. The van der Waals surface area contributed by atoms with E-state index in [0.717, 1.165) is 18.5 Å². The van der Waals surface area contributed by atoms with Crippen molar-refractivity contribution in [3.05, 3.63) is 41.4 Å². The first-order valence-corrected chi connectivity index (χ1v) is 6.38. The number of hydrogen-bond donors (Lipinski definition) is 1. The Balaban J connectivity index is 2.16. The Bertz CT molecular complexity index is 445. The molecule has 0 saturated heterocycles. The maximum absolute atomic E-state index is 12.2. The maximum atomic E-state index is 12.2. The van der Waals surface area contributed by atoms with E-state index in [1.165, 1.54) is 29.8 Å². The van der Waals surface area contributed by atoms with Crippen molar-refractivity contribution in [2.75, 3.05) is 0 Å². The fraction of sp³-hybridized carbons (Fsp3) is 0.429. The van der Waals surface area contributed by atoms with Crippen molar-refractivity contribution in [1.29, 1.82) is 0 Å². The van der Waals surface area contributed by atoms with Crippen molar-refractivity contribution in [1.82, 2.24) is 9.99 Å². The topological polar surface area (TPSA) is 59.2 Å². The molecule has 0 atom stereocenters. The molecule has 0 aliphatic heterocycles. The number of carbonyl (C=O) groups excluding carboxylic acids is 1. The highest BCUT2D eigenvalue weighted by Crippen LogP contribution is 2.26. The molecular formula is C14H19N3O. The molecule has 1 aromatic rings. The maximum Gasteiger partial charge on any atom is 0.272 e. The van der Waals surface area contributed by atoms with E-state index in [1.54, 1.807) is 24.5 Å². The molecule has 1 aliphatic carbocycles. The van der Waals surface area contributed by atoms with E-state index in [2.05, 4.69) is 4.98 Å². The number of aromatic nitrogens is 1. The van der Waals surface area contributed by atoms with Crippen LogP contribution in [0.4, 0.5) is 0 Å². The van der Waals surface area contributed by atoms with Gasteiger partial charge >= 0.3 is 0 Å². The summed E-state index contributed by atoms with van der Waals surface area (Å²) in [5.41, 5.74) is 2.78. The number of rotatable bonds is 2. The van der Waals surface area contributed by atoms with Crippen molar-refractivity contribution in [2.24, 2.45) is 5.84 Å². The van der Waals surface area contributed by atoms with Gasteiger partial charge in [-0.15, -0.1) is 0 Å². The first-order valence-electron chi connectivity index (χ1n) is 6.38. The third-order valence-electron chi connectivity index (χ3n) is 3.48. The van der Waals surface area contributed by atoms with Crippen LogP contribution in [0.3, 0.4) is 0 Å². The van der Waals surface area contributed by atoms with Gasteiger partial charge in [-0.25, -0.2) is 10.9 Å². The predicted molar refractivity (Wildman–Crippen MR) is 70.4 cm³/mol. The zero-order chi connectivity index (χ0) is 13.0. The van der Waals surface area contributed by atoms with Gasteiger partial charge in [-0.2, -0.15) is 0 Å². The molecule has 4 nitrogen and oxygen atoms in total. The molecular weight excluding hydrogens is 226 g/mol. The summed E-state index contributed by atoms with van der Waals surface area (Å²) in [6, 6.07) is 3.36. The average molecular weight is 245 g/mol. The molecule has 1 saturated carbocycles. The minimum atomic E-state index is -0.173. The van der Waals surface area contributed by atoms with Gasteiger partial charge in [-0.1, -0.05) is 6.42 Å². The SMILES string of the molecule is CC(=C1CCCCC1)N(N)C(=O)c1ccncc1. The lowest BCUT2D eigenvalue weighted by atomic mass is 9.93. The van der Waals surface area contributed by atoms with Crippen LogP contribution >= 0.6 is 0 Å². The Morgan fingerprint density at radius 1 is 1.22 bits per heavy atom. The number of nitrogens with two attached hydrogens (primary N) is 1. The molecule has 2 rings (SSSR count). The minimum Gasteiger partial charge on any atom is -0.267 e. The normalized spacial score (nSPS) is 15.3. The van der Waals surface area contributed by atoms with Gasteiger partial charge in [0.1, 0.15) is 0 Å². The summed E-state index contributed by atoms with van der Waals surface area (Å²) in [7, 11) is 0. The van der Waals surface area contributed by atoms with E-state index in [9.17, 15) is 4.79 Å². The number of carbonyl (C=O) groups is 1. The van der Waals surface area contributed by atoms with Crippen molar-refractivity contribution in [2.45, 2.75) is 39.0 Å². The second-order valence-electron chi connectivity index (χ2n) is 4.66. The van der Waals surface area contributed by atoms with Crippen LogP contribution in [-0.4, -0.2) is 15.9 Å². The third kappa shape index (κ3) is 2.76. The standard InChI is InChI=1S/C14H19N3O/c1-11(12-5-3-2-4-6-12)17(15)14(18)13-7-9-16-10-8-13/h7-10H,2-6,15H2,1H3. The quantitative estimate of drug-likeness (QED) is 0.495. The van der Waals surface area contributed by atoms with Crippen LogP contribution < -0.4 is 5.84 Å². The average Bonchev–Trinajstić information content (AvgIpc) is 2.47. The van der Waals surface area contributed by atoms with Gasteiger partial charge in [0.15, 0.2) is 0 Å². The molecule has 1 heterocycles. The van der Waals surface area contributed by atoms with Gasteiger partial charge in [-0.05, 0) is 50.3 Å². The van der Waals surface area contributed by atoms with Crippen LogP contribution in [0, 0.1) is 0 Å². The Morgan fingerprint density at radius 2 is 1.83 bits per heavy atom. The molecule has 18 heavy (non-hydrogen) atoms. The molecule has 4 heteroatoms. The van der Waals surface area contributed by atoms with Crippen LogP contribution in [0.5, 0.6) is 0 Å². The van der Waals surface area contributed by atoms with E-state index in [0.29, 0.717) is 5.56 Å². The molecule has 1 fully saturated rings. The van der Waals surface area contributed by atoms with E-state index < -0.39 is 0 Å². The number of amides is 1. The number of pyridine rings is 1. The molecule has 1 aliphatic rings. The van der Waals surface area contributed by atoms with Crippen molar-refractivity contribution < 1.29 is 4.79 Å². The van der Waals surface area contributed by atoms with Gasteiger partial charge in [0.25, 0.3) is 5.91 Å². The largest absolute Gasteiger partial charge is 0.272 e. The summed E-state index contributed by atoms with van der Waals surface area (Å²) in [5.74, 6) is 5.76. The molecule has 1 aromatic heterocycles. The Kier molecular flexibility index (Phi) is 4.10. The van der Waals surface area contributed by atoms with Crippen LogP contribution in [0.25, 0.3) is 0 Å². The van der Waals surface area contributed by atoms with Crippen molar-refractivity contribution >= 4 is 5.91 Å². The molecule has 0 radical (unpaired) electrons. The molecule has 1 amide bonds. The zero-order valence-corrected chi connectivity index (χ0v) is 10.7. The zero-order valence-electron chi connectivity index (χ0n) is 10.7. The molecule has 0 unspecified atom stereocenters. The first kappa shape index (κ1) is 12.8. The van der Waals surface area contributed by atoms with E-state index in [4.69, 9.17) is 5.84 Å². The number of hydrogen-bond acceptors (Lipinski definition) is 3. The van der Waals surface area contributed by atoms with Crippen LogP contribution in [0.2, 0.25) is 0 Å². The lowest BCUT2D eigenvalue weighted by Gasteiger charge is -2.23. The van der Waals surface area contributed by atoms with E-state index >= 15 is 0 Å². The summed E-state index contributed by atoms with van der Waals surface area (Å²) in [5, 5.41) is 1.27. The Hall–Kier alpha value is -1.68. The second kappa shape index (κ2) is 5.78. The monoisotopic (exact) mass is 245 g/mol. The summed E-state index contributed by atoms with van der Waals surface area (Å²) in [4.78, 5) is 16.1. The van der Waals surface area contributed by atoms with Crippen LogP contribution in [0.15, 0.2) is 35.8 Å².